The van der Waals surface area contributed by atoms with Gasteiger partial charge in [0.1, 0.15) is 9.71 Å². The fraction of sp³-hybridized carbons (Fsp3) is 0.500. The van der Waals surface area contributed by atoms with E-state index in [1.807, 2.05) is 20.8 Å². The van der Waals surface area contributed by atoms with Crippen molar-refractivity contribution >= 4 is 33.1 Å². The average Bonchev–Trinajstić information content (AvgIpc) is 2.80. The van der Waals surface area contributed by atoms with Crippen LogP contribution in [0.15, 0.2) is 0 Å². The molecule has 7 heteroatoms. The summed E-state index contributed by atoms with van der Waals surface area (Å²) < 4.78 is 0. The number of hydrogen-bond acceptors (Lipinski definition) is 6. The van der Waals surface area contributed by atoms with Crippen molar-refractivity contribution < 1.29 is 9.90 Å². The van der Waals surface area contributed by atoms with E-state index < -0.39 is 0 Å². The van der Waals surface area contributed by atoms with Crippen LogP contribution in [0.4, 0.5) is 5.69 Å². The lowest BCUT2D eigenvalue weighted by Gasteiger charge is -2.20. The summed E-state index contributed by atoms with van der Waals surface area (Å²) in [5.41, 5.74) is 8.41. The lowest BCUT2D eigenvalue weighted by Crippen LogP contribution is -2.34. The number of aliphatic hydroxyl groups excluding tert-OH is 1. The zero-order chi connectivity index (χ0) is 15.6. The van der Waals surface area contributed by atoms with Crippen LogP contribution < -0.4 is 5.73 Å². The van der Waals surface area contributed by atoms with Crippen molar-refractivity contribution in [3.8, 4) is 0 Å². The first-order valence-electron chi connectivity index (χ1n) is 6.93. The average molecular weight is 308 g/mol. The minimum atomic E-state index is -0.150. The van der Waals surface area contributed by atoms with E-state index in [0.29, 0.717) is 28.5 Å². The van der Waals surface area contributed by atoms with Crippen molar-refractivity contribution in [3.05, 3.63) is 16.1 Å². The molecule has 2 rings (SSSR count). The second-order valence-corrected chi connectivity index (χ2v) is 5.95. The van der Waals surface area contributed by atoms with Crippen LogP contribution in [0.5, 0.6) is 0 Å². The summed E-state index contributed by atoms with van der Waals surface area (Å²) in [6, 6.07) is 0. The normalized spacial score (nSPS) is 11.0. The number of aryl methyl sites for hydroxylation is 2. The Balaban J connectivity index is 2.49. The Morgan fingerprint density at radius 2 is 2.05 bits per heavy atom. The summed E-state index contributed by atoms with van der Waals surface area (Å²) in [6.07, 6.45) is 0.828. The van der Waals surface area contributed by atoms with Crippen LogP contribution in [-0.2, 0) is 0 Å². The van der Waals surface area contributed by atoms with Gasteiger partial charge in [0.2, 0.25) is 0 Å². The van der Waals surface area contributed by atoms with Crippen molar-refractivity contribution in [1.29, 1.82) is 0 Å². The number of anilines is 1. The first-order valence-corrected chi connectivity index (χ1v) is 7.74. The molecular weight excluding hydrogens is 288 g/mol. The Morgan fingerprint density at radius 1 is 1.33 bits per heavy atom. The second kappa shape index (κ2) is 6.36. The summed E-state index contributed by atoms with van der Waals surface area (Å²) >= 11 is 1.26. The van der Waals surface area contributed by atoms with Crippen LogP contribution in [-0.4, -0.2) is 45.8 Å². The Morgan fingerprint density at radius 3 is 2.67 bits per heavy atom. The van der Waals surface area contributed by atoms with Crippen molar-refractivity contribution in [2.24, 2.45) is 0 Å². The van der Waals surface area contributed by atoms with E-state index in [1.54, 1.807) is 4.90 Å². The Labute approximate surface area is 127 Å². The van der Waals surface area contributed by atoms with Gasteiger partial charge in [-0.25, -0.2) is 0 Å². The molecular formula is C14H20N4O2S. The summed E-state index contributed by atoms with van der Waals surface area (Å²) in [6.45, 7) is 6.64. The predicted molar refractivity (Wildman–Crippen MR) is 84.6 cm³/mol. The molecule has 0 aromatic carbocycles. The molecule has 0 bridgehead atoms. The molecule has 0 radical (unpaired) electrons. The lowest BCUT2D eigenvalue weighted by molar-refractivity contribution is 0.0728. The molecule has 2 aromatic rings. The van der Waals surface area contributed by atoms with Gasteiger partial charge >= 0.3 is 0 Å². The van der Waals surface area contributed by atoms with Crippen molar-refractivity contribution in [2.75, 3.05) is 25.4 Å². The number of thiophene rings is 1. The highest BCUT2D eigenvalue weighted by atomic mass is 32.1. The molecule has 114 valence electrons. The standard InChI is InChI=1S/C14H20N4O2S/c1-4-5-18(6-7-19)14(20)12-11(15)10-8(2)9(3)16-17-13(10)21-12/h19H,4-7,15H2,1-3H3. The molecule has 0 spiro atoms. The Bertz CT molecular complexity index is 663. The maximum Gasteiger partial charge on any atom is 0.266 e. The molecule has 0 saturated carbocycles. The highest BCUT2D eigenvalue weighted by Crippen LogP contribution is 2.35. The summed E-state index contributed by atoms with van der Waals surface area (Å²) in [4.78, 5) is 15.4. The van der Waals surface area contributed by atoms with Gasteiger partial charge < -0.3 is 15.7 Å². The number of carbonyl (C=O) groups is 1. The first-order chi connectivity index (χ1) is 10.0. The van der Waals surface area contributed by atoms with Gasteiger partial charge in [0.25, 0.3) is 5.91 Å². The van der Waals surface area contributed by atoms with Crippen molar-refractivity contribution in [1.82, 2.24) is 15.1 Å². The molecule has 0 atom stereocenters. The third-order valence-electron chi connectivity index (χ3n) is 3.48. The summed E-state index contributed by atoms with van der Waals surface area (Å²) in [5.74, 6) is -0.150. The van der Waals surface area contributed by atoms with E-state index in [-0.39, 0.29) is 12.5 Å². The lowest BCUT2D eigenvalue weighted by atomic mass is 10.1. The fourth-order valence-corrected chi connectivity index (χ4v) is 3.32. The van der Waals surface area contributed by atoms with Gasteiger partial charge in [-0.15, -0.1) is 16.4 Å². The molecule has 0 unspecified atom stereocenters. The van der Waals surface area contributed by atoms with E-state index in [9.17, 15) is 4.79 Å². The molecule has 21 heavy (non-hydrogen) atoms. The quantitative estimate of drug-likeness (QED) is 0.877. The Hall–Kier alpha value is -1.73. The zero-order valence-corrected chi connectivity index (χ0v) is 13.3. The summed E-state index contributed by atoms with van der Waals surface area (Å²) in [5, 5.41) is 18.1. The maximum absolute atomic E-state index is 12.6. The van der Waals surface area contributed by atoms with Crippen LogP contribution in [0, 0.1) is 13.8 Å². The molecule has 0 aliphatic rings. The van der Waals surface area contributed by atoms with Gasteiger partial charge in [-0.3, -0.25) is 4.79 Å². The van der Waals surface area contributed by atoms with E-state index in [4.69, 9.17) is 10.8 Å². The number of fused-ring (bicyclic) bond motifs is 1. The number of nitrogen functional groups attached to an aromatic ring is 1. The smallest absolute Gasteiger partial charge is 0.266 e. The number of carbonyl (C=O) groups excluding carboxylic acids is 1. The second-order valence-electron chi connectivity index (χ2n) is 4.95. The van der Waals surface area contributed by atoms with Gasteiger partial charge in [-0.1, -0.05) is 6.92 Å². The van der Waals surface area contributed by atoms with Gasteiger partial charge in [0.05, 0.1) is 18.0 Å². The van der Waals surface area contributed by atoms with E-state index in [1.165, 1.54) is 11.3 Å². The third-order valence-corrected chi connectivity index (χ3v) is 4.56. The van der Waals surface area contributed by atoms with Crippen molar-refractivity contribution in [3.63, 3.8) is 0 Å². The summed E-state index contributed by atoms with van der Waals surface area (Å²) in [7, 11) is 0. The van der Waals surface area contributed by atoms with Crippen LogP contribution in [0.3, 0.4) is 0 Å². The number of amides is 1. The number of aliphatic hydroxyl groups is 1. The molecule has 0 aliphatic carbocycles. The van der Waals surface area contributed by atoms with E-state index >= 15 is 0 Å². The fourth-order valence-electron chi connectivity index (χ4n) is 2.25. The van der Waals surface area contributed by atoms with Gasteiger partial charge in [0.15, 0.2) is 0 Å². The third kappa shape index (κ3) is 2.84. The molecule has 1 amide bonds. The molecule has 2 aromatic heterocycles. The van der Waals surface area contributed by atoms with Gasteiger partial charge in [-0.2, -0.15) is 5.10 Å². The number of aromatic nitrogens is 2. The van der Waals surface area contributed by atoms with Crippen LogP contribution in [0.1, 0.15) is 34.3 Å². The van der Waals surface area contributed by atoms with Gasteiger partial charge in [0, 0.05) is 18.5 Å². The number of nitrogens with zero attached hydrogens (tertiary/aromatic N) is 3. The molecule has 6 nitrogen and oxygen atoms in total. The monoisotopic (exact) mass is 308 g/mol. The molecule has 3 N–H and O–H groups in total. The number of rotatable bonds is 5. The van der Waals surface area contributed by atoms with Crippen molar-refractivity contribution in [2.45, 2.75) is 27.2 Å². The Kier molecular flexibility index (Phi) is 4.74. The minimum absolute atomic E-state index is 0.0610. The molecule has 0 fully saturated rings. The SMILES string of the molecule is CCCN(CCO)C(=O)c1sc2nnc(C)c(C)c2c1N. The van der Waals surface area contributed by atoms with Gasteiger partial charge in [-0.05, 0) is 25.8 Å². The molecule has 0 saturated heterocycles. The predicted octanol–water partition coefficient (Wildman–Crippen LogP) is 1.73. The molecule has 0 aliphatic heterocycles. The number of nitrogens with two attached hydrogens (primary N) is 1. The van der Waals surface area contributed by atoms with Crippen LogP contribution in [0.2, 0.25) is 0 Å². The largest absolute Gasteiger partial charge is 0.397 e. The zero-order valence-electron chi connectivity index (χ0n) is 12.5. The highest BCUT2D eigenvalue weighted by molar-refractivity contribution is 7.21. The van der Waals surface area contributed by atoms with E-state index in [0.717, 1.165) is 23.1 Å². The highest BCUT2D eigenvalue weighted by Gasteiger charge is 2.23. The topological polar surface area (TPSA) is 92.3 Å². The first kappa shape index (κ1) is 15.7. The van der Waals surface area contributed by atoms with Crippen LogP contribution in [0.25, 0.3) is 10.2 Å². The minimum Gasteiger partial charge on any atom is -0.397 e. The maximum atomic E-state index is 12.6. The molecule has 2 heterocycles. The number of hydrogen-bond donors (Lipinski definition) is 2. The van der Waals surface area contributed by atoms with Crippen LogP contribution >= 0.6 is 11.3 Å². The van der Waals surface area contributed by atoms with E-state index in [2.05, 4.69) is 10.2 Å².